The van der Waals surface area contributed by atoms with E-state index in [1.807, 2.05) is 30.3 Å². The van der Waals surface area contributed by atoms with Gasteiger partial charge >= 0.3 is 12.1 Å². The predicted molar refractivity (Wildman–Crippen MR) is 82.4 cm³/mol. The first-order valence-electron chi connectivity index (χ1n) is 7.32. The second-order valence-electron chi connectivity index (χ2n) is 5.31. The number of carbonyl (C=O) groups excluding carboxylic acids is 1. The molecule has 0 N–H and O–H groups in total. The molecule has 0 fully saturated rings. The Morgan fingerprint density at radius 1 is 1.12 bits per heavy atom. The van der Waals surface area contributed by atoms with Crippen molar-refractivity contribution < 1.29 is 27.4 Å². The number of rotatable bonds is 5. The largest absolute Gasteiger partial charge is 0.489 e. The van der Waals surface area contributed by atoms with E-state index >= 15 is 0 Å². The summed E-state index contributed by atoms with van der Waals surface area (Å²) in [5, 5.41) is 0. The molecular weight excluding hydrogens is 321 g/mol. The summed E-state index contributed by atoms with van der Waals surface area (Å²) in [4.78, 5) is 11.0. The van der Waals surface area contributed by atoms with Crippen molar-refractivity contribution in [3.8, 4) is 5.75 Å². The number of ether oxygens (including phenoxy) is 2. The lowest BCUT2D eigenvalue weighted by molar-refractivity contribution is -0.145. The molecule has 0 aromatic heterocycles. The van der Waals surface area contributed by atoms with Crippen LogP contribution in [0.25, 0.3) is 0 Å². The van der Waals surface area contributed by atoms with Crippen LogP contribution in [0, 0.1) is 0 Å². The van der Waals surface area contributed by atoms with Gasteiger partial charge in [0.15, 0.2) is 0 Å². The number of benzene rings is 2. The van der Waals surface area contributed by atoms with E-state index in [0.717, 1.165) is 17.7 Å². The number of hydrogen-bond donors (Lipinski definition) is 0. The summed E-state index contributed by atoms with van der Waals surface area (Å²) < 4.78 is 49.7. The van der Waals surface area contributed by atoms with E-state index in [4.69, 9.17) is 9.47 Å². The molecule has 3 nitrogen and oxygen atoms in total. The first kappa shape index (κ1) is 17.8. The normalized spacial score (nSPS) is 12.5. The van der Waals surface area contributed by atoms with E-state index in [-0.39, 0.29) is 17.9 Å². The van der Waals surface area contributed by atoms with Crippen LogP contribution >= 0.6 is 0 Å². The topological polar surface area (TPSA) is 35.5 Å². The zero-order valence-electron chi connectivity index (χ0n) is 13.3. The molecule has 2 aromatic rings. The molecule has 0 heterocycles. The van der Waals surface area contributed by atoms with Crippen molar-refractivity contribution in [2.45, 2.75) is 32.7 Å². The van der Waals surface area contributed by atoms with Crippen LogP contribution in [0.1, 0.15) is 36.6 Å². The SMILES string of the molecule is CC(=O)OC(C)c1cc(OCc2ccccc2)cc(C(F)(F)F)c1. The average molecular weight is 338 g/mol. The van der Waals surface area contributed by atoms with Crippen LogP contribution in [0.5, 0.6) is 5.75 Å². The maximum Gasteiger partial charge on any atom is 0.416 e. The van der Waals surface area contributed by atoms with Gasteiger partial charge in [0, 0.05) is 6.92 Å². The van der Waals surface area contributed by atoms with E-state index < -0.39 is 23.8 Å². The quantitative estimate of drug-likeness (QED) is 0.727. The highest BCUT2D eigenvalue weighted by atomic mass is 19.4. The highest BCUT2D eigenvalue weighted by Gasteiger charge is 2.32. The Morgan fingerprint density at radius 2 is 1.79 bits per heavy atom. The highest BCUT2D eigenvalue weighted by Crippen LogP contribution is 2.35. The fourth-order valence-electron chi connectivity index (χ4n) is 2.16. The van der Waals surface area contributed by atoms with E-state index in [1.54, 1.807) is 0 Å². The molecule has 0 aliphatic rings. The lowest BCUT2D eigenvalue weighted by atomic mass is 10.1. The summed E-state index contributed by atoms with van der Waals surface area (Å²) in [6, 6.07) is 12.5. The number of hydrogen-bond acceptors (Lipinski definition) is 3. The summed E-state index contributed by atoms with van der Waals surface area (Å²) in [6.45, 7) is 2.86. The Labute approximate surface area is 138 Å². The molecule has 24 heavy (non-hydrogen) atoms. The molecule has 0 bridgehead atoms. The minimum Gasteiger partial charge on any atom is -0.489 e. The Hall–Kier alpha value is -2.50. The predicted octanol–water partition coefficient (Wildman–Crippen LogP) is 4.91. The van der Waals surface area contributed by atoms with Crippen LogP contribution in [0.2, 0.25) is 0 Å². The lowest BCUT2D eigenvalue weighted by Gasteiger charge is -2.17. The third-order valence-electron chi connectivity index (χ3n) is 3.32. The minimum atomic E-state index is -4.52. The first-order chi connectivity index (χ1) is 11.3. The molecule has 128 valence electrons. The molecule has 0 spiro atoms. The summed E-state index contributed by atoms with van der Waals surface area (Å²) in [6.07, 6.45) is -5.32. The van der Waals surface area contributed by atoms with Gasteiger partial charge in [0.2, 0.25) is 0 Å². The van der Waals surface area contributed by atoms with Crippen LogP contribution in [0.15, 0.2) is 48.5 Å². The number of halogens is 3. The molecule has 1 unspecified atom stereocenters. The molecular formula is C18H17F3O3. The van der Waals surface area contributed by atoms with Crippen molar-refractivity contribution in [3.63, 3.8) is 0 Å². The van der Waals surface area contributed by atoms with Crippen LogP contribution < -0.4 is 4.74 Å². The average Bonchev–Trinajstić information content (AvgIpc) is 2.52. The Bertz CT molecular complexity index is 696. The Morgan fingerprint density at radius 3 is 2.38 bits per heavy atom. The second-order valence-corrected chi connectivity index (χ2v) is 5.31. The molecule has 2 aromatic carbocycles. The zero-order chi connectivity index (χ0) is 17.7. The van der Waals surface area contributed by atoms with Gasteiger partial charge in [-0.1, -0.05) is 30.3 Å². The Balaban J connectivity index is 2.27. The van der Waals surface area contributed by atoms with Gasteiger partial charge in [0.25, 0.3) is 0 Å². The molecule has 0 saturated heterocycles. The van der Waals surface area contributed by atoms with Gasteiger partial charge in [0.05, 0.1) is 5.56 Å². The van der Waals surface area contributed by atoms with Gasteiger partial charge in [-0.05, 0) is 36.2 Å². The molecule has 2 rings (SSSR count). The zero-order valence-corrected chi connectivity index (χ0v) is 13.3. The van der Waals surface area contributed by atoms with Crippen molar-refractivity contribution in [1.82, 2.24) is 0 Å². The lowest BCUT2D eigenvalue weighted by Crippen LogP contribution is -2.10. The number of alkyl halides is 3. The minimum absolute atomic E-state index is 0.0719. The fourth-order valence-corrected chi connectivity index (χ4v) is 2.16. The smallest absolute Gasteiger partial charge is 0.416 e. The van der Waals surface area contributed by atoms with E-state index in [1.165, 1.54) is 19.9 Å². The van der Waals surface area contributed by atoms with Gasteiger partial charge in [-0.3, -0.25) is 4.79 Å². The van der Waals surface area contributed by atoms with E-state index in [2.05, 4.69) is 0 Å². The molecule has 0 radical (unpaired) electrons. The van der Waals surface area contributed by atoms with Crippen LogP contribution in [-0.4, -0.2) is 5.97 Å². The van der Waals surface area contributed by atoms with Crippen molar-refractivity contribution in [2.75, 3.05) is 0 Å². The van der Waals surface area contributed by atoms with Gasteiger partial charge in [-0.2, -0.15) is 13.2 Å². The molecule has 1 atom stereocenters. The monoisotopic (exact) mass is 338 g/mol. The van der Waals surface area contributed by atoms with Crippen LogP contribution in [0.4, 0.5) is 13.2 Å². The summed E-state index contributed by atoms with van der Waals surface area (Å²) in [5.74, 6) is -0.491. The van der Waals surface area contributed by atoms with E-state index in [9.17, 15) is 18.0 Å². The van der Waals surface area contributed by atoms with E-state index in [0.29, 0.717) is 0 Å². The molecule has 0 aliphatic carbocycles. The van der Waals surface area contributed by atoms with Crippen LogP contribution in [0.3, 0.4) is 0 Å². The Kier molecular flexibility index (Phi) is 5.49. The van der Waals surface area contributed by atoms with Crippen molar-refractivity contribution in [2.24, 2.45) is 0 Å². The molecule has 0 saturated carbocycles. The molecule has 0 aliphatic heterocycles. The first-order valence-corrected chi connectivity index (χ1v) is 7.32. The molecule has 6 heteroatoms. The van der Waals surface area contributed by atoms with Gasteiger partial charge < -0.3 is 9.47 Å². The number of esters is 1. The standard InChI is InChI=1S/C18H17F3O3/c1-12(24-13(2)22)15-8-16(18(19,20)21)10-17(9-15)23-11-14-6-4-3-5-7-14/h3-10,12H,11H2,1-2H3. The third-order valence-corrected chi connectivity index (χ3v) is 3.32. The number of carbonyl (C=O) groups is 1. The van der Waals surface area contributed by atoms with Crippen LogP contribution in [-0.2, 0) is 22.3 Å². The highest BCUT2D eigenvalue weighted by molar-refractivity contribution is 5.66. The third kappa shape index (κ3) is 5.01. The van der Waals surface area contributed by atoms with Crippen molar-refractivity contribution in [3.05, 3.63) is 65.2 Å². The fraction of sp³-hybridized carbons (Fsp3) is 0.278. The van der Waals surface area contributed by atoms with Crippen molar-refractivity contribution >= 4 is 5.97 Å². The van der Waals surface area contributed by atoms with Gasteiger partial charge in [-0.15, -0.1) is 0 Å². The van der Waals surface area contributed by atoms with Crippen molar-refractivity contribution in [1.29, 1.82) is 0 Å². The van der Waals surface area contributed by atoms with Gasteiger partial charge in [-0.25, -0.2) is 0 Å². The summed E-state index contributed by atoms with van der Waals surface area (Å²) in [5.41, 5.74) is 0.217. The summed E-state index contributed by atoms with van der Waals surface area (Å²) >= 11 is 0. The summed E-state index contributed by atoms with van der Waals surface area (Å²) in [7, 11) is 0. The molecule has 0 amide bonds. The maximum atomic E-state index is 13.1. The van der Waals surface area contributed by atoms with Gasteiger partial charge in [0.1, 0.15) is 18.5 Å². The second kappa shape index (κ2) is 7.38. The maximum absolute atomic E-state index is 13.1.